The van der Waals surface area contributed by atoms with Crippen LogP contribution < -0.4 is 10.1 Å². The molecule has 1 aromatic carbocycles. The van der Waals surface area contributed by atoms with Crippen molar-refractivity contribution in [2.45, 2.75) is 33.1 Å². The lowest BCUT2D eigenvalue weighted by molar-refractivity contribution is -0.141. The Morgan fingerprint density at radius 2 is 2.10 bits per heavy atom. The Labute approximate surface area is 125 Å². The van der Waals surface area contributed by atoms with Crippen molar-refractivity contribution < 1.29 is 19.4 Å². The largest absolute Gasteiger partial charge is 0.496 e. The van der Waals surface area contributed by atoms with Gasteiger partial charge in [-0.2, -0.15) is 0 Å². The smallest absolute Gasteiger partial charge is 0.308 e. The van der Waals surface area contributed by atoms with Gasteiger partial charge in [0.25, 0.3) is 0 Å². The van der Waals surface area contributed by atoms with E-state index in [2.05, 4.69) is 5.32 Å². The van der Waals surface area contributed by atoms with Crippen LogP contribution in [0.4, 0.5) is 0 Å². The van der Waals surface area contributed by atoms with Gasteiger partial charge < -0.3 is 15.2 Å². The van der Waals surface area contributed by atoms with Gasteiger partial charge >= 0.3 is 5.97 Å². The summed E-state index contributed by atoms with van der Waals surface area (Å²) in [5, 5.41) is 11.7. The maximum atomic E-state index is 11.9. The highest BCUT2D eigenvalue weighted by Crippen LogP contribution is 2.19. The third-order valence-electron chi connectivity index (χ3n) is 3.37. The van der Waals surface area contributed by atoms with Gasteiger partial charge in [0.05, 0.1) is 19.4 Å². The predicted octanol–water partition coefficient (Wildman–Crippen LogP) is 2.16. The summed E-state index contributed by atoms with van der Waals surface area (Å²) in [6, 6.07) is 5.60. The van der Waals surface area contributed by atoms with E-state index in [1.165, 1.54) is 0 Å². The van der Waals surface area contributed by atoms with Crippen molar-refractivity contribution >= 4 is 11.9 Å². The number of rotatable bonds is 8. The first-order chi connectivity index (χ1) is 9.97. The molecule has 0 aromatic heterocycles. The van der Waals surface area contributed by atoms with Crippen molar-refractivity contribution in [3.8, 4) is 5.75 Å². The number of ether oxygens (including phenoxy) is 1. The van der Waals surface area contributed by atoms with Gasteiger partial charge in [-0.25, -0.2) is 0 Å². The zero-order valence-corrected chi connectivity index (χ0v) is 12.8. The Morgan fingerprint density at radius 1 is 1.38 bits per heavy atom. The molecule has 0 saturated carbocycles. The van der Waals surface area contributed by atoms with E-state index in [9.17, 15) is 9.59 Å². The van der Waals surface area contributed by atoms with Gasteiger partial charge in [0.1, 0.15) is 5.75 Å². The first-order valence-electron chi connectivity index (χ1n) is 7.11. The van der Waals surface area contributed by atoms with Crippen LogP contribution in [0.15, 0.2) is 18.2 Å². The highest BCUT2D eigenvalue weighted by molar-refractivity contribution is 5.79. The molecule has 1 atom stereocenters. The Hall–Kier alpha value is -2.04. The summed E-state index contributed by atoms with van der Waals surface area (Å²) in [5.74, 6) is -0.821. The van der Waals surface area contributed by atoms with E-state index in [0.717, 1.165) is 23.3 Å². The average Bonchev–Trinajstić information content (AvgIpc) is 2.45. The molecule has 0 aliphatic rings. The molecule has 116 valence electrons. The topological polar surface area (TPSA) is 75.6 Å². The van der Waals surface area contributed by atoms with Crippen LogP contribution in [0.25, 0.3) is 0 Å². The maximum absolute atomic E-state index is 11.9. The second kappa shape index (κ2) is 8.29. The number of methoxy groups -OCH3 is 1. The second-order valence-electron chi connectivity index (χ2n) is 5.11. The summed E-state index contributed by atoms with van der Waals surface area (Å²) in [7, 11) is 1.59. The van der Waals surface area contributed by atoms with E-state index in [1.54, 1.807) is 7.11 Å². The van der Waals surface area contributed by atoms with Gasteiger partial charge in [0.2, 0.25) is 5.91 Å². The zero-order valence-electron chi connectivity index (χ0n) is 12.8. The number of benzene rings is 1. The fourth-order valence-corrected chi connectivity index (χ4v) is 2.12. The fraction of sp³-hybridized carbons (Fsp3) is 0.500. The van der Waals surface area contributed by atoms with Gasteiger partial charge in [-0.3, -0.25) is 9.59 Å². The molecule has 5 heteroatoms. The minimum absolute atomic E-state index is 0.172. The van der Waals surface area contributed by atoms with Crippen molar-refractivity contribution in [2.24, 2.45) is 5.92 Å². The van der Waals surface area contributed by atoms with Crippen LogP contribution in [0.3, 0.4) is 0 Å². The summed E-state index contributed by atoms with van der Waals surface area (Å²) < 4.78 is 5.22. The number of aryl methyl sites for hydroxylation is 1. The van der Waals surface area contributed by atoms with Gasteiger partial charge in [0, 0.05) is 6.54 Å². The van der Waals surface area contributed by atoms with Gasteiger partial charge in [-0.1, -0.05) is 25.5 Å². The van der Waals surface area contributed by atoms with Crippen LogP contribution >= 0.6 is 0 Å². The SMILES string of the molecule is CCCC(CNC(=O)Cc1ccc(C)c(OC)c1)C(=O)O. The third kappa shape index (κ3) is 5.45. The minimum Gasteiger partial charge on any atom is -0.496 e. The van der Waals surface area contributed by atoms with Crippen molar-refractivity contribution in [3.63, 3.8) is 0 Å². The first-order valence-corrected chi connectivity index (χ1v) is 7.11. The van der Waals surface area contributed by atoms with Gasteiger partial charge in [-0.05, 0) is 30.5 Å². The Balaban J connectivity index is 2.55. The molecule has 1 aromatic rings. The van der Waals surface area contributed by atoms with Gasteiger partial charge in [0.15, 0.2) is 0 Å². The van der Waals surface area contributed by atoms with Crippen LogP contribution in [0, 0.1) is 12.8 Å². The molecule has 0 radical (unpaired) electrons. The highest BCUT2D eigenvalue weighted by Gasteiger charge is 2.17. The van der Waals surface area contributed by atoms with Crippen LogP contribution in [0.1, 0.15) is 30.9 Å². The Bertz CT molecular complexity index is 499. The first kappa shape index (κ1) is 17.0. The van der Waals surface area contributed by atoms with Crippen molar-refractivity contribution in [3.05, 3.63) is 29.3 Å². The zero-order chi connectivity index (χ0) is 15.8. The van der Waals surface area contributed by atoms with Crippen molar-refractivity contribution in [1.29, 1.82) is 0 Å². The molecule has 0 heterocycles. The molecule has 1 amide bonds. The summed E-state index contributed by atoms with van der Waals surface area (Å²) in [4.78, 5) is 22.9. The standard InChI is InChI=1S/C16H23NO4/c1-4-5-13(16(19)20)10-17-15(18)9-12-7-6-11(2)14(8-12)21-3/h6-8,13H,4-5,9-10H2,1-3H3,(H,17,18)(H,19,20). The van der Waals surface area contributed by atoms with Crippen LogP contribution in [0.2, 0.25) is 0 Å². The van der Waals surface area contributed by atoms with Crippen LogP contribution in [0.5, 0.6) is 5.75 Å². The molecule has 1 unspecified atom stereocenters. The lowest BCUT2D eigenvalue weighted by Crippen LogP contribution is -2.33. The molecular formula is C16H23NO4. The number of aliphatic carboxylic acids is 1. The summed E-state index contributed by atoms with van der Waals surface area (Å²) in [5.41, 5.74) is 1.85. The van der Waals surface area contributed by atoms with E-state index >= 15 is 0 Å². The molecule has 0 bridgehead atoms. The number of carboxylic acid groups (broad SMARTS) is 1. The monoisotopic (exact) mass is 293 g/mol. The third-order valence-corrected chi connectivity index (χ3v) is 3.37. The summed E-state index contributed by atoms with van der Waals surface area (Å²) in [6.45, 7) is 4.03. The number of nitrogens with one attached hydrogen (secondary N) is 1. The van der Waals surface area contributed by atoms with E-state index in [0.29, 0.717) is 6.42 Å². The number of carboxylic acids is 1. The molecule has 0 saturated heterocycles. The van der Waals surface area contributed by atoms with Crippen LogP contribution in [-0.2, 0) is 16.0 Å². The van der Waals surface area contributed by atoms with E-state index < -0.39 is 11.9 Å². The fourth-order valence-electron chi connectivity index (χ4n) is 2.12. The van der Waals surface area contributed by atoms with E-state index in [4.69, 9.17) is 9.84 Å². The van der Waals surface area contributed by atoms with E-state index in [1.807, 2.05) is 32.0 Å². The Kier molecular flexibility index (Phi) is 6.72. The quantitative estimate of drug-likeness (QED) is 0.770. The molecule has 0 spiro atoms. The number of hydrogen-bond acceptors (Lipinski definition) is 3. The molecule has 21 heavy (non-hydrogen) atoms. The van der Waals surface area contributed by atoms with Crippen molar-refractivity contribution in [1.82, 2.24) is 5.32 Å². The van der Waals surface area contributed by atoms with Gasteiger partial charge in [-0.15, -0.1) is 0 Å². The summed E-state index contributed by atoms with van der Waals surface area (Å²) in [6.07, 6.45) is 1.56. The summed E-state index contributed by atoms with van der Waals surface area (Å²) >= 11 is 0. The molecular weight excluding hydrogens is 270 g/mol. The number of hydrogen-bond donors (Lipinski definition) is 2. The van der Waals surface area contributed by atoms with E-state index in [-0.39, 0.29) is 18.9 Å². The molecule has 2 N–H and O–H groups in total. The number of amides is 1. The molecule has 5 nitrogen and oxygen atoms in total. The van der Waals surface area contributed by atoms with Crippen molar-refractivity contribution in [2.75, 3.05) is 13.7 Å². The molecule has 0 aliphatic carbocycles. The predicted molar refractivity (Wildman–Crippen MR) is 80.5 cm³/mol. The highest BCUT2D eigenvalue weighted by atomic mass is 16.5. The maximum Gasteiger partial charge on any atom is 0.308 e. The average molecular weight is 293 g/mol. The van der Waals surface area contributed by atoms with Crippen LogP contribution in [-0.4, -0.2) is 30.6 Å². The number of carbonyl (C=O) groups excluding carboxylic acids is 1. The number of carbonyl (C=O) groups is 2. The molecule has 0 fully saturated rings. The lowest BCUT2D eigenvalue weighted by Gasteiger charge is -2.13. The molecule has 0 aliphatic heterocycles. The minimum atomic E-state index is -0.867. The second-order valence-corrected chi connectivity index (χ2v) is 5.11. The molecule has 1 rings (SSSR count). The normalized spacial score (nSPS) is 11.8. The Morgan fingerprint density at radius 3 is 2.67 bits per heavy atom. The lowest BCUT2D eigenvalue weighted by atomic mass is 10.0.